The van der Waals surface area contributed by atoms with Gasteiger partial charge < -0.3 is 20.3 Å². The number of rotatable bonds is 6. The van der Waals surface area contributed by atoms with Crippen LogP contribution in [-0.4, -0.2) is 37.6 Å². The minimum Gasteiger partial charge on any atom is -0.486 e. The van der Waals surface area contributed by atoms with Crippen LogP contribution >= 0.6 is 11.6 Å². The highest BCUT2D eigenvalue weighted by molar-refractivity contribution is 6.30. The van der Waals surface area contributed by atoms with Gasteiger partial charge >= 0.3 is 0 Å². The third-order valence-corrected chi connectivity index (χ3v) is 2.37. The second kappa shape index (κ2) is 6.70. The molecule has 0 fully saturated rings. The molecule has 3 N–H and O–H groups in total. The van der Waals surface area contributed by atoms with Gasteiger partial charge in [0.2, 0.25) is 0 Å². The zero-order valence-corrected chi connectivity index (χ0v) is 9.85. The predicted molar refractivity (Wildman–Crippen MR) is 62.8 cm³/mol. The average molecular weight is 246 g/mol. The molecule has 1 aromatic rings. The van der Waals surface area contributed by atoms with Gasteiger partial charge in [0.15, 0.2) is 0 Å². The smallest absolute Gasteiger partial charge is 0.139 e. The van der Waals surface area contributed by atoms with Crippen LogP contribution in [0.4, 0.5) is 0 Å². The molecule has 0 saturated carbocycles. The molecule has 1 rings (SSSR count). The van der Waals surface area contributed by atoms with E-state index < -0.39 is 6.10 Å². The summed E-state index contributed by atoms with van der Waals surface area (Å²) in [5.74, 6) is 0.620. The third-order valence-electron chi connectivity index (χ3n) is 2.12. The molecule has 0 aliphatic carbocycles. The molecule has 1 aromatic carbocycles. The molecule has 0 saturated heterocycles. The van der Waals surface area contributed by atoms with Gasteiger partial charge in [-0.1, -0.05) is 11.6 Å². The standard InChI is InChI=1S/C11H16ClNO3/c1-15-7-10(13)11(6-14)16-9-4-2-8(12)3-5-9/h2-5,10-11,14H,6-7,13H2,1H3. The predicted octanol–water partition coefficient (Wildman–Crippen LogP) is 1.05. The molecular weight excluding hydrogens is 230 g/mol. The van der Waals surface area contributed by atoms with Crippen LogP contribution in [0, 0.1) is 0 Å². The zero-order valence-electron chi connectivity index (χ0n) is 9.10. The van der Waals surface area contributed by atoms with Crippen molar-refractivity contribution in [2.45, 2.75) is 12.1 Å². The maximum absolute atomic E-state index is 9.15. The Hall–Kier alpha value is -0.810. The number of halogens is 1. The van der Waals surface area contributed by atoms with Gasteiger partial charge in [-0.25, -0.2) is 0 Å². The van der Waals surface area contributed by atoms with E-state index in [-0.39, 0.29) is 12.6 Å². The van der Waals surface area contributed by atoms with E-state index >= 15 is 0 Å². The van der Waals surface area contributed by atoms with E-state index in [0.717, 1.165) is 0 Å². The summed E-state index contributed by atoms with van der Waals surface area (Å²) in [6, 6.07) is 6.51. The number of benzene rings is 1. The fourth-order valence-corrected chi connectivity index (χ4v) is 1.37. The van der Waals surface area contributed by atoms with Crippen molar-refractivity contribution in [3.63, 3.8) is 0 Å². The molecule has 0 amide bonds. The largest absolute Gasteiger partial charge is 0.486 e. The van der Waals surface area contributed by atoms with E-state index in [1.165, 1.54) is 0 Å². The Morgan fingerprint density at radius 3 is 2.50 bits per heavy atom. The van der Waals surface area contributed by atoms with E-state index in [4.69, 9.17) is 31.9 Å². The molecular formula is C11H16ClNO3. The van der Waals surface area contributed by atoms with Crippen LogP contribution in [-0.2, 0) is 4.74 Å². The van der Waals surface area contributed by atoms with Crippen molar-refractivity contribution >= 4 is 11.6 Å². The van der Waals surface area contributed by atoms with Crippen molar-refractivity contribution in [1.29, 1.82) is 0 Å². The van der Waals surface area contributed by atoms with Crippen molar-refractivity contribution < 1.29 is 14.6 Å². The number of hydrogen-bond donors (Lipinski definition) is 2. The molecule has 16 heavy (non-hydrogen) atoms. The highest BCUT2D eigenvalue weighted by Gasteiger charge is 2.18. The van der Waals surface area contributed by atoms with Crippen molar-refractivity contribution in [3.8, 4) is 5.75 Å². The second-order valence-electron chi connectivity index (χ2n) is 3.41. The van der Waals surface area contributed by atoms with Crippen LogP contribution in [0.2, 0.25) is 5.02 Å². The Morgan fingerprint density at radius 2 is 2.00 bits per heavy atom. The Bertz CT molecular complexity index is 305. The molecule has 0 aliphatic heterocycles. The molecule has 0 aromatic heterocycles. The molecule has 0 radical (unpaired) electrons. The number of hydrogen-bond acceptors (Lipinski definition) is 4. The summed E-state index contributed by atoms with van der Waals surface area (Å²) in [6.45, 7) is 0.173. The van der Waals surface area contributed by atoms with Gasteiger partial charge in [0.05, 0.1) is 19.3 Å². The topological polar surface area (TPSA) is 64.7 Å². The monoisotopic (exact) mass is 245 g/mol. The van der Waals surface area contributed by atoms with E-state index in [9.17, 15) is 0 Å². The summed E-state index contributed by atoms with van der Waals surface area (Å²) in [7, 11) is 1.55. The summed E-state index contributed by atoms with van der Waals surface area (Å²) in [4.78, 5) is 0. The van der Waals surface area contributed by atoms with Crippen LogP contribution in [0.15, 0.2) is 24.3 Å². The Labute approximate surface area is 99.9 Å². The van der Waals surface area contributed by atoms with E-state index in [2.05, 4.69) is 0 Å². The highest BCUT2D eigenvalue weighted by atomic mass is 35.5. The molecule has 2 unspecified atom stereocenters. The fourth-order valence-electron chi connectivity index (χ4n) is 1.25. The fraction of sp³-hybridized carbons (Fsp3) is 0.455. The molecule has 0 aliphatic rings. The van der Waals surface area contributed by atoms with Crippen LogP contribution in [0.1, 0.15) is 0 Å². The number of methoxy groups -OCH3 is 1. The van der Waals surface area contributed by atoms with Gasteiger partial charge in [0.25, 0.3) is 0 Å². The van der Waals surface area contributed by atoms with Gasteiger partial charge in [-0.3, -0.25) is 0 Å². The molecule has 5 heteroatoms. The van der Waals surface area contributed by atoms with Gasteiger partial charge in [0.1, 0.15) is 11.9 Å². The molecule has 0 heterocycles. The SMILES string of the molecule is COCC(N)C(CO)Oc1ccc(Cl)cc1. The maximum Gasteiger partial charge on any atom is 0.139 e. The molecule has 0 bridgehead atoms. The summed E-state index contributed by atoms with van der Waals surface area (Å²) in [5.41, 5.74) is 5.78. The first kappa shape index (κ1) is 13.3. The first-order chi connectivity index (χ1) is 7.67. The Morgan fingerprint density at radius 1 is 1.38 bits per heavy atom. The van der Waals surface area contributed by atoms with Crippen LogP contribution in [0.5, 0.6) is 5.75 Å². The number of aliphatic hydroxyl groups is 1. The lowest BCUT2D eigenvalue weighted by molar-refractivity contribution is 0.0605. The summed E-state index contributed by atoms with van der Waals surface area (Å²) < 4.78 is 10.4. The summed E-state index contributed by atoms with van der Waals surface area (Å²) in [6.07, 6.45) is -0.485. The number of ether oxygens (including phenoxy) is 2. The zero-order chi connectivity index (χ0) is 12.0. The second-order valence-corrected chi connectivity index (χ2v) is 3.85. The first-order valence-corrected chi connectivity index (χ1v) is 5.32. The summed E-state index contributed by atoms with van der Waals surface area (Å²) in [5, 5.41) is 9.79. The Balaban J connectivity index is 2.59. The van der Waals surface area contributed by atoms with Crippen LogP contribution < -0.4 is 10.5 Å². The molecule has 0 spiro atoms. The van der Waals surface area contributed by atoms with Crippen LogP contribution in [0.3, 0.4) is 0 Å². The molecule has 2 atom stereocenters. The lowest BCUT2D eigenvalue weighted by atomic mass is 10.2. The minimum absolute atomic E-state index is 0.160. The quantitative estimate of drug-likeness (QED) is 0.787. The highest BCUT2D eigenvalue weighted by Crippen LogP contribution is 2.17. The van der Waals surface area contributed by atoms with Gasteiger partial charge in [-0.2, -0.15) is 0 Å². The van der Waals surface area contributed by atoms with Crippen molar-refractivity contribution in [2.75, 3.05) is 20.3 Å². The number of aliphatic hydroxyl groups excluding tert-OH is 1. The number of nitrogens with two attached hydrogens (primary N) is 1. The third kappa shape index (κ3) is 3.98. The van der Waals surface area contributed by atoms with Crippen molar-refractivity contribution in [2.24, 2.45) is 5.73 Å². The summed E-state index contributed by atoms with van der Waals surface area (Å²) >= 11 is 5.74. The van der Waals surface area contributed by atoms with Gasteiger partial charge in [-0.15, -0.1) is 0 Å². The van der Waals surface area contributed by atoms with Crippen molar-refractivity contribution in [3.05, 3.63) is 29.3 Å². The van der Waals surface area contributed by atoms with Crippen LogP contribution in [0.25, 0.3) is 0 Å². The van der Waals surface area contributed by atoms with Gasteiger partial charge in [0, 0.05) is 12.1 Å². The van der Waals surface area contributed by atoms with E-state index in [1.807, 2.05) is 0 Å². The molecule has 4 nitrogen and oxygen atoms in total. The van der Waals surface area contributed by atoms with Gasteiger partial charge in [-0.05, 0) is 24.3 Å². The lowest BCUT2D eigenvalue weighted by Crippen LogP contribution is -2.44. The Kier molecular flexibility index (Phi) is 5.55. The normalized spacial score (nSPS) is 14.5. The molecule has 90 valence electrons. The minimum atomic E-state index is -0.485. The van der Waals surface area contributed by atoms with E-state index in [0.29, 0.717) is 17.4 Å². The lowest BCUT2D eigenvalue weighted by Gasteiger charge is -2.22. The average Bonchev–Trinajstić information content (AvgIpc) is 2.28. The maximum atomic E-state index is 9.15. The van der Waals surface area contributed by atoms with Crippen molar-refractivity contribution in [1.82, 2.24) is 0 Å². The van der Waals surface area contributed by atoms with E-state index in [1.54, 1.807) is 31.4 Å². The first-order valence-electron chi connectivity index (χ1n) is 4.95.